The molecule has 0 radical (unpaired) electrons. The minimum atomic E-state index is -0.332. The average molecular weight is 410 g/mol. The molecule has 7 nitrogen and oxygen atoms in total. The van der Waals surface area contributed by atoms with Crippen LogP contribution in [-0.4, -0.2) is 33.2 Å². The maximum atomic E-state index is 12.9. The van der Waals surface area contributed by atoms with Gasteiger partial charge in [-0.25, -0.2) is 9.97 Å². The average Bonchev–Trinajstić information content (AvgIpc) is 3.45. The summed E-state index contributed by atoms with van der Waals surface area (Å²) >= 11 is 2.92. The van der Waals surface area contributed by atoms with Crippen molar-refractivity contribution in [2.24, 2.45) is 0 Å². The monoisotopic (exact) mass is 410 g/mol. The quantitative estimate of drug-likeness (QED) is 0.555. The van der Waals surface area contributed by atoms with E-state index in [2.05, 4.69) is 15.3 Å². The number of benzene rings is 1. The number of hydrogen-bond donors (Lipinski definition) is 1. The Morgan fingerprint density at radius 2 is 2.18 bits per heavy atom. The molecule has 0 aliphatic carbocycles. The lowest BCUT2D eigenvalue weighted by Crippen LogP contribution is -2.35. The Balaban J connectivity index is 1.32. The maximum absolute atomic E-state index is 12.9. The minimum absolute atomic E-state index is 0.00415. The first kappa shape index (κ1) is 17.1. The standard InChI is InChI=1S/C19H14N4O3S2/c24-17(14-2-1-7-26-14)22-19-21-13-5-6-23(9-16(13)28-19)18(25)11-3-4-12-15(8-11)27-10-20-12/h1-4,7-8,10H,5-6,9H2,(H,21,22,24). The number of fused-ring (bicyclic) bond motifs is 2. The van der Waals surface area contributed by atoms with Crippen LogP contribution in [0.4, 0.5) is 5.13 Å². The second-order valence-corrected chi connectivity index (χ2v) is 8.30. The number of hydrogen-bond acceptors (Lipinski definition) is 7. The first-order valence-electron chi connectivity index (χ1n) is 8.63. The van der Waals surface area contributed by atoms with E-state index < -0.39 is 0 Å². The van der Waals surface area contributed by atoms with Gasteiger partial charge in [0.2, 0.25) is 0 Å². The first-order chi connectivity index (χ1) is 13.7. The van der Waals surface area contributed by atoms with Crippen molar-refractivity contribution in [1.82, 2.24) is 14.9 Å². The van der Waals surface area contributed by atoms with Crippen molar-refractivity contribution in [1.29, 1.82) is 0 Å². The lowest BCUT2D eigenvalue weighted by atomic mass is 10.1. The van der Waals surface area contributed by atoms with Gasteiger partial charge in [-0.2, -0.15) is 0 Å². The van der Waals surface area contributed by atoms with Crippen molar-refractivity contribution in [3.05, 3.63) is 64.0 Å². The van der Waals surface area contributed by atoms with Crippen LogP contribution in [0.2, 0.25) is 0 Å². The molecule has 4 aromatic rings. The molecule has 140 valence electrons. The van der Waals surface area contributed by atoms with E-state index in [1.165, 1.54) is 28.9 Å². The van der Waals surface area contributed by atoms with Gasteiger partial charge in [-0.05, 0) is 30.3 Å². The lowest BCUT2D eigenvalue weighted by Gasteiger charge is -2.26. The van der Waals surface area contributed by atoms with Gasteiger partial charge in [-0.1, -0.05) is 11.3 Å². The second-order valence-electron chi connectivity index (χ2n) is 6.33. The van der Waals surface area contributed by atoms with Crippen LogP contribution in [0.3, 0.4) is 0 Å². The third-order valence-electron chi connectivity index (χ3n) is 4.56. The Kier molecular flexibility index (Phi) is 4.18. The van der Waals surface area contributed by atoms with E-state index in [1.54, 1.807) is 17.6 Å². The number of amides is 2. The van der Waals surface area contributed by atoms with Gasteiger partial charge < -0.3 is 9.32 Å². The Morgan fingerprint density at radius 3 is 3.04 bits per heavy atom. The van der Waals surface area contributed by atoms with Crippen molar-refractivity contribution < 1.29 is 14.0 Å². The van der Waals surface area contributed by atoms with Gasteiger partial charge in [0.1, 0.15) is 0 Å². The van der Waals surface area contributed by atoms with Crippen LogP contribution in [0, 0.1) is 0 Å². The highest BCUT2D eigenvalue weighted by molar-refractivity contribution is 7.16. The van der Waals surface area contributed by atoms with Gasteiger partial charge in [0.05, 0.1) is 34.2 Å². The van der Waals surface area contributed by atoms with Crippen molar-refractivity contribution in [2.75, 3.05) is 11.9 Å². The highest BCUT2D eigenvalue weighted by Gasteiger charge is 2.26. The normalized spacial score (nSPS) is 13.5. The number of nitrogens with zero attached hydrogens (tertiary/aromatic N) is 3. The molecule has 0 spiro atoms. The summed E-state index contributed by atoms with van der Waals surface area (Å²) in [6.45, 7) is 1.09. The predicted octanol–water partition coefficient (Wildman–Crippen LogP) is 3.80. The summed E-state index contributed by atoms with van der Waals surface area (Å²) in [7, 11) is 0. The Bertz CT molecular complexity index is 1180. The van der Waals surface area contributed by atoms with Gasteiger partial charge in [0.15, 0.2) is 10.9 Å². The van der Waals surface area contributed by atoms with Crippen LogP contribution in [0.25, 0.3) is 10.2 Å². The van der Waals surface area contributed by atoms with Crippen LogP contribution in [0.15, 0.2) is 46.5 Å². The lowest BCUT2D eigenvalue weighted by molar-refractivity contribution is 0.0736. The molecule has 5 rings (SSSR count). The van der Waals surface area contributed by atoms with Gasteiger partial charge in [-0.15, -0.1) is 11.3 Å². The molecule has 3 aromatic heterocycles. The molecule has 0 fully saturated rings. The summed E-state index contributed by atoms with van der Waals surface area (Å²) in [4.78, 5) is 36.6. The molecule has 1 aliphatic rings. The Hall–Kier alpha value is -3.04. The molecule has 1 aliphatic heterocycles. The molecule has 0 atom stereocenters. The summed E-state index contributed by atoms with van der Waals surface area (Å²) in [6, 6.07) is 8.86. The molecule has 0 saturated heterocycles. The highest BCUT2D eigenvalue weighted by Crippen LogP contribution is 2.30. The number of thiazole rings is 2. The zero-order valence-electron chi connectivity index (χ0n) is 14.5. The van der Waals surface area contributed by atoms with Crippen LogP contribution in [-0.2, 0) is 13.0 Å². The van der Waals surface area contributed by atoms with Crippen LogP contribution >= 0.6 is 22.7 Å². The Labute approximate surface area is 167 Å². The second kappa shape index (κ2) is 6.84. The van der Waals surface area contributed by atoms with Crippen LogP contribution < -0.4 is 5.32 Å². The summed E-state index contributed by atoms with van der Waals surface area (Å²) < 4.78 is 6.10. The maximum Gasteiger partial charge on any atom is 0.293 e. The Morgan fingerprint density at radius 1 is 1.25 bits per heavy atom. The summed E-state index contributed by atoms with van der Waals surface area (Å²) in [5, 5.41) is 3.28. The van der Waals surface area contributed by atoms with E-state index in [4.69, 9.17) is 4.42 Å². The molecule has 1 aromatic carbocycles. The summed E-state index contributed by atoms with van der Waals surface area (Å²) in [5.74, 6) is -0.0964. The molecule has 28 heavy (non-hydrogen) atoms. The van der Waals surface area contributed by atoms with E-state index in [0.717, 1.165) is 20.8 Å². The van der Waals surface area contributed by atoms with Gasteiger partial charge in [0.25, 0.3) is 11.8 Å². The number of aromatic nitrogens is 2. The molecule has 4 heterocycles. The van der Waals surface area contributed by atoms with Crippen molar-refractivity contribution in [3.8, 4) is 0 Å². The number of anilines is 1. The molecular weight excluding hydrogens is 396 g/mol. The van der Waals surface area contributed by atoms with E-state index in [-0.39, 0.29) is 17.6 Å². The zero-order chi connectivity index (χ0) is 19.1. The van der Waals surface area contributed by atoms with Crippen molar-refractivity contribution >= 4 is 49.8 Å². The summed E-state index contributed by atoms with van der Waals surface area (Å²) in [5.41, 5.74) is 4.28. The highest BCUT2D eigenvalue weighted by atomic mass is 32.1. The molecule has 0 unspecified atom stereocenters. The minimum Gasteiger partial charge on any atom is -0.459 e. The van der Waals surface area contributed by atoms with Crippen molar-refractivity contribution in [3.63, 3.8) is 0 Å². The number of nitrogens with one attached hydrogen (secondary N) is 1. The zero-order valence-corrected chi connectivity index (χ0v) is 16.2. The molecular formula is C19H14N4O3S2. The SMILES string of the molecule is O=C(Nc1nc2c(s1)CN(C(=O)c1ccc3ncsc3c1)CC2)c1ccco1. The molecule has 9 heteroatoms. The number of carbonyl (C=O) groups excluding carboxylic acids is 2. The fraction of sp³-hybridized carbons (Fsp3) is 0.158. The first-order valence-corrected chi connectivity index (χ1v) is 10.3. The smallest absolute Gasteiger partial charge is 0.293 e. The van der Waals surface area contributed by atoms with E-state index in [1.807, 2.05) is 23.1 Å². The van der Waals surface area contributed by atoms with Gasteiger partial charge in [-0.3, -0.25) is 14.9 Å². The fourth-order valence-corrected chi connectivity index (χ4v) is 4.89. The van der Waals surface area contributed by atoms with Crippen LogP contribution in [0.1, 0.15) is 31.5 Å². The number of carbonyl (C=O) groups is 2. The molecule has 0 saturated carbocycles. The number of rotatable bonds is 3. The fourth-order valence-electron chi connectivity index (χ4n) is 3.16. The third kappa shape index (κ3) is 3.08. The van der Waals surface area contributed by atoms with Gasteiger partial charge >= 0.3 is 0 Å². The summed E-state index contributed by atoms with van der Waals surface area (Å²) in [6.07, 6.45) is 2.12. The van der Waals surface area contributed by atoms with Crippen molar-refractivity contribution in [2.45, 2.75) is 13.0 Å². The largest absolute Gasteiger partial charge is 0.459 e. The molecule has 0 bridgehead atoms. The molecule has 2 amide bonds. The number of furan rings is 1. The molecule has 1 N–H and O–H groups in total. The third-order valence-corrected chi connectivity index (χ3v) is 6.35. The van der Waals surface area contributed by atoms with Crippen LogP contribution in [0.5, 0.6) is 0 Å². The van der Waals surface area contributed by atoms with E-state index in [0.29, 0.717) is 30.2 Å². The van der Waals surface area contributed by atoms with Gasteiger partial charge in [0, 0.05) is 23.4 Å². The van der Waals surface area contributed by atoms with E-state index in [9.17, 15) is 9.59 Å². The van der Waals surface area contributed by atoms with E-state index >= 15 is 0 Å². The predicted molar refractivity (Wildman–Crippen MR) is 107 cm³/mol. The topological polar surface area (TPSA) is 88.3 Å².